The summed E-state index contributed by atoms with van der Waals surface area (Å²) in [7, 11) is 0. The Labute approximate surface area is 205 Å². The molecule has 4 heterocycles. The average Bonchev–Trinajstić information content (AvgIpc) is 3.36. The first-order chi connectivity index (χ1) is 16.3. The van der Waals surface area contributed by atoms with Crippen molar-refractivity contribution in [3.05, 3.63) is 68.5 Å². The lowest BCUT2D eigenvalue weighted by Crippen LogP contribution is -2.27. The van der Waals surface area contributed by atoms with Gasteiger partial charge in [0.2, 0.25) is 6.79 Å². The Balaban J connectivity index is 1.51. The average molecular weight is 495 g/mol. The predicted octanol–water partition coefficient (Wildman–Crippen LogP) is 3.95. The number of carbonyl (C=O) groups excluding carboxylic acids is 1. The first kappa shape index (κ1) is 22.4. The number of nitrogens with one attached hydrogen (secondary N) is 1. The smallest absolute Gasteiger partial charge is 0.267 e. The molecule has 0 unspecified atom stereocenters. The molecule has 1 amide bonds. The van der Waals surface area contributed by atoms with Crippen LogP contribution in [-0.4, -0.2) is 37.3 Å². The van der Waals surface area contributed by atoms with Gasteiger partial charge in [-0.05, 0) is 56.2 Å². The molecule has 1 aromatic carbocycles. The standard InChI is InChI=1S/C24H22N4O4S2/c1-13(2)25-20-16(22(29)27-8-4-5-14(3)21(27)26-20)10-19-23(30)28(24(33)34-19)11-15-6-7-17-18(9-15)32-12-31-17/h4-10,13,25H,11-12H2,1-3H3/b19-10-. The number of ether oxygens (including phenoxy) is 2. The molecule has 1 N–H and O–H groups in total. The fourth-order valence-electron chi connectivity index (χ4n) is 3.81. The van der Waals surface area contributed by atoms with E-state index in [1.165, 1.54) is 21.1 Å². The number of thioether (sulfide) groups is 1. The lowest BCUT2D eigenvalue weighted by atomic mass is 10.2. The van der Waals surface area contributed by atoms with Gasteiger partial charge in [0.25, 0.3) is 11.5 Å². The van der Waals surface area contributed by atoms with Gasteiger partial charge in [-0.2, -0.15) is 0 Å². The van der Waals surface area contributed by atoms with Crippen LogP contribution in [0.3, 0.4) is 0 Å². The van der Waals surface area contributed by atoms with Crippen LogP contribution in [0.15, 0.2) is 46.2 Å². The summed E-state index contributed by atoms with van der Waals surface area (Å²) in [4.78, 5) is 33.2. The highest BCUT2D eigenvalue weighted by atomic mass is 32.2. The van der Waals surface area contributed by atoms with Crippen LogP contribution >= 0.6 is 24.0 Å². The normalized spacial score (nSPS) is 16.4. The number of hydrogen-bond donors (Lipinski definition) is 1. The minimum Gasteiger partial charge on any atom is -0.454 e. The molecule has 34 heavy (non-hydrogen) atoms. The lowest BCUT2D eigenvalue weighted by molar-refractivity contribution is -0.122. The van der Waals surface area contributed by atoms with Crippen LogP contribution in [0, 0.1) is 6.92 Å². The molecule has 5 rings (SSSR count). The number of fused-ring (bicyclic) bond motifs is 2. The molecule has 0 bridgehead atoms. The van der Waals surface area contributed by atoms with Gasteiger partial charge in [0.15, 0.2) is 11.5 Å². The Morgan fingerprint density at radius 1 is 1.24 bits per heavy atom. The van der Waals surface area contributed by atoms with E-state index in [4.69, 9.17) is 26.7 Å². The van der Waals surface area contributed by atoms with Gasteiger partial charge in [0, 0.05) is 12.2 Å². The quantitative estimate of drug-likeness (QED) is 0.422. The number of hydrogen-bond acceptors (Lipinski definition) is 8. The number of benzene rings is 1. The van der Waals surface area contributed by atoms with Crippen LogP contribution in [0.4, 0.5) is 5.82 Å². The Morgan fingerprint density at radius 3 is 2.82 bits per heavy atom. The molecule has 2 aliphatic rings. The van der Waals surface area contributed by atoms with Crippen molar-refractivity contribution in [3.8, 4) is 11.5 Å². The molecule has 1 saturated heterocycles. The highest BCUT2D eigenvalue weighted by Crippen LogP contribution is 2.36. The second-order valence-corrected chi connectivity index (χ2v) is 9.99. The number of anilines is 1. The van der Waals surface area contributed by atoms with Gasteiger partial charge in [-0.3, -0.25) is 18.9 Å². The molecule has 1 fully saturated rings. The summed E-state index contributed by atoms with van der Waals surface area (Å²) in [6.07, 6.45) is 3.27. The Kier molecular flexibility index (Phi) is 5.78. The highest BCUT2D eigenvalue weighted by molar-refractivity contribution is 8.26. The Hall–Kier alpha value is -3.37. The van der Waals surface area contributed by atoms with E-state index in [1.54, 1.807) is 18.3 Å². The van der Waals surface area contributed by atoms with Gasteiger partial charge in [0.05, 0.1) is 17.0 Å². The third-order valence-corrected chi connectivity index (χ3v) is 6.81. The maximum Gasteiger partial charge on any atom is 0.267 e. The van der Waals surface area contributed by atoms with Crippen LogP contribution in [0.25, 0.3) is 11.7 Å². The van der Waals surface area contributed by atoms with Gasteiger partial charge in [-0.1, -0.05) is 36.1 Å². The molecular weight excluding hydrogens is 472 g/mol. The van der Waals surface area contributed by atoms with Gasteiger partial charge in [-0.15, -0.1) is 0 Å². The van der Waals surface area contributed by atoms with E-state index >= 15 is 0 Å². The largest absolute Gasteiger partial charge is 0.454 e. The van der Waals surface area contributed by atoms with Crippen molar-refractivity contribution in [1.29, 1.82) is 0 Å². The van der Waals surface area contributed by atoms with Crippen molar-refractivity contribution in [1.82, 2.24) is 14.3 Å². The lowest BCUT2D eigenvalue weighted by Gasteiger charge is -2.15. The fourth-order valence-corrected chi connectivity index (χ4v) is 5.05. The number of rotatable bonds is 5. The van der Waals surface area contributed by atoms with Crippen molar-refractivity contribution < 1.29 is 14.3 Å². The maximum absolute atomic E-state index is 13.4. The summed E-state index contributed by atoms with van der Waals surface area (Å²) in [5.74, 6) is 1.51. The molecule has 174 valence electrons. The van der Waals surface area contributed by atoms with E-state index in [2.05, 4.69) is 5.32 Å². The van der Waals surface area contributed by atoms with E-state index in [1.807, 2.05) is 45.0 Å². The molecule has 8 nitrogen and oxygen atoms in total. The van der Waals surface area contributed by atoms with Crippen LogP contribution < -0.4 is 20.3 Å². The molecule has 0 aliphatic carbocycles. The fraction of sp³-hybridized carbons (Fsp3) is 0.250. The molecule has 0 radical (unpaired) electrons. The van der Waals surface area contributed by atoms with Crippen LogP contribution in [-0.2, 0) is 11.3 Å². The molecule has 2 aromatic heterocycles. The van der Waals surface area contributed by atoms with Crippen molar-refractivity contribution in [2.24, 2.45) is 0 Å². The molecule has 2 aliphatic heterocycles. The van der Waals surface area contributed by atoms with E-state index in [0.717, 1.165) is 11.1 Å². The van der Waals surface area contributed by atoms with E-state index in [9.17, 15) is 9.59 Å². The maximum atomic E-state index is 13.4. The minimum atomic E-state index is -0.253. The highest BCUT2D eigenvalue weighted by Gasteiger charge is 2.33. The monoisotopic (exact) mass is 494 g/mol. The van der Waals surface area contributed by atoms with Crippen molar-refractivity contribution in [2.75, 3.05) is 12.1 Å². The summed E-state index contributed by atoms with van der Waals surface area (Å²) < 4.78 is 12.7. The molecule has 0 atom stereocenters. The van der Waals surface area contributed by atoms with Crippen molar-refractivity contribution in [3.63, 3.8) is 0 Å². The van der Waals surface area contributed by atoms with E-state index < -0.39 is 0 Å². The second kappa shape index (κ2) is 8.77. The van der Waals surface area contributed by atoms with E-state index in [0.29, 0.717) is 44.3 Å². The number of pyridine rings is 1. The first-order valence-corrected chi connectivity index (χ1v) is 12.0. The molecular formula is C24H22N4O4S2. The van der Waals surface area contributed by atoms with E-state index in [-0.39, 0.29) is 24.3 Å². The van der Waals surface area contributed by atoms with Crippen molar-refractivity contribution >= 4 is 51.7 Å². The topological polar surface area (TPSA) is 85.2 Å². The van der Waals surface area contributed by atoms with Crippen molar-refractivity contribution in [2.45, 2.75) is 33.4 Å². The first-order valence-electron chi connectivity index (χ1n) is 10.7. The van der Waals surface area contributed by atoms with Gasteiger partial charge >= 0.3 is 0 Å². The number of amides is 1. The third kappa shape index (κ3) is 4.03. The number of nitrogens with zero attached hydrogens (tertiary/aromatic N) is 3. The SMILES string of the molecule is Cc1cccn2c(=O)c(/C=C3\SC(=S)N(Cc4ccc5c(c4)OCO5)C3=O)c(NC(C)C)nc12. The molecule has 3 aromatic rings. The van der Waals surface area contributed by atoms with Gasteiger partial charge in [-0.25, -0.2) is 4.98 Å². The van der Waals surface area contributed by atoms with Gasteiger partial charge in [0.1, 0.15) is 15.8 Å². The Bertz CT molecular complexity index is 1430. The molecule has 10 heteroatoms. The number of thiocarbonyl (C=S) groups is 1. The van der Waals surface area contributed by atoms with Crippen LogP contribution in [0.1, 0.15) is 30.5 Å². The minimum absolute atomic E-state index is 0.0473. The summed E-state index contributed by atoms with van der Waals surface area (Å²) in [5, 5.41) is 3.25. The molecule has 0 spiro atoms. The zero-order valence-electron chi connectivity index (χ0n) is 18.8. The number of aromatic nitrogens is 2. The van der Waals surface area contributed by atoms with Crippen LogP contribution in [0.2, 0.25) is 0 Å². The number of aryl methyl sites for hydroxylation is 1. The van der Waals surface area contributed by atoms with Crippen LogP contribution in [0.5, 0.6) is 11.5 Å². The summed E-state index contributed by atoms with van der Waals surface area (Å²) >= 11 is 6.67. The Morgan fingerprint density at radius 2 is 2.03 bits per heavy atom. The molecule has 0 saturated carbocycles. The summed E-state index contributed by atoms with van der Waals surface area (Å²) in [6, 6.07) is 9.29. The zero-order chi connectivity index (χ0) is 24.0. The zero-order valence-corrected chi connectivity index (χ0v) is 20.5. The predicted molar refractivity (Wildman–Crippen MR) is 136 cm³/mol. The third-order valence-electron chi connectivity index (χ3n) is 5.44. The number of carbonyl (C=O) groups is 1. The van der Waals surface area contributed by atoms with Gasteiger partial charge < -0.3 is 14.8 Å². The summed E-state index contributed by atoms with van der Waals surface area (Å²) in [6.45, 7) is 6.32. The summed E-state index contributed by atoms with van der Waals surface area (Å²) in [5.41, 5.74) is 2.39. The second-order valence-electron chi connectivity index (χ2n) is 8.32.